The van der Waals surface area contributed by atoms with Crippen LogP contribution >= 0.6 is 0 Å². The van der Waals surface area contributed by atoms with Crippen LogP contribution in [0.3, 0.4) is 0 Å². The standard InChI is InChI=1S/C16H14N4O2/c1-10-4-3-7-20-15(10)17-11(2)16(20)19-18-12-5-6-13-14(8-12)22-9-21-13/h3-8H,9H2,1-2H3. The summed E-state index contributed by atoms with van der Waals surface area (Å²) in [6.07, 6.45) is 1.94. The van der Waals surface area contributed by atoms with Gasteiger partial charge in [-0.05, 0) is 37.6 Å². The van der Waals surface area contributed by atoms with Gasteiger partial charge in [0.2, 0.25) is 6.79 Å². The Morgan fingerprint density at radius 1 is 1.09 bits per heavy atom. The highest BCUT2D eigenvalue weighted by Gasteiger charge is 2.13. The molecule has 0 bridgehead atoms. The van der Waals surface area contributed by atoms with Crippen molar-refractivity contribution in [1.82, 2.24) is 9.38 Å². The van der Waals surface area contributed by atoms with Crippen LogP contribution in [-0.4, -0.2) is 16.2 Å². The Bertz CT molecular complexity index is 899. The van der Waals surface area contributed by atoms with E-state index in [1.165, 1.54) is 0 Å². The molecule has 2 aromatic heterocycles. The molecule has 3 aromatic rings. The number of imidazole rings is 1. The Morgan fingerprint density at radius 2 is 1.95 bits per heavy atom. The minimum absolute atomic E-state index is 0.252. The van der Waals surface area contributed by atoms with Gasteiger partial charge in [-0.25, -0.2) is 4.98 Å². The normalized spacial score (nSPS) is 13.4. The Labute approximate surface area is 127 Å². The number of rotatable bonds is 2. The summed E-state index contributed by atoms with van der Waals surface area (Å²) in [6.45, 7) is 4.21. The monoisotopic (exact) mass is 294 g/mol. The average molecular weight is 294 g/mol. The first kappa shape index (κ1) is 12.8. The summed E-state index contributed by atoms with van der Waals surface area (Å²) in [5, 5.41) is 8.66. The predicted octanol–water partition coefficient (Wildman–Crippen LogP) is 4.10. The van der Waals surface area contributed by atoms with Crippen molar-refractivity contribution in [1.29, 1.82) is 0 Å². The van der Waals surface area contributed by atoms with Gasteiger partial charge in [-0.2, -0.15) is 0 Å². The van der Waals surface area contributed by atoms with E-state index in [4.69, 9.17) is 9.47 Å². The van der Waals surface area contributed by atoms with Crippen LogP contribution in [-0.2, 0) is 0 Å². The quantitative estimate of drug-likeness (QED) is 0.669. The Kier molecular flexibility index (Phi) is 2.82. The highest BCUT2D eigenvalue weighted by atomic mass is 16.7. The van der Waals surface area contributed by atoms with Crippen LogP contribution in [0.1, 0.15) is 11.3 Å². The summed E-state index contributed by atoms with van der Waals surface area (Å²) in [5.74, 6) is 2.17. The molecule has 0 unspecified atom stereocenters. The number of hydrogen-bond donors (Lipinski definition) is 0. The van der Waals surface area contributed by atoms with Gasteiger partial charge in [0.25, 0.3) is 0 Å². The molecular formula is C16H14N4O2. The molecule has 110 valence electrons. The molecule has 1 aliphatic rings. The summed E-state index contributed by atoms with van der Waals surface area (Å²) in [5.41, 5.74) is 3.57. The summed E-state index contributed by atoms with van der Waals surface area (Å²) >= 11 is 0. The van der Waals surface area contributed by atoms with E-state index in [-0.39, 0.29) is 6.79 Å². The maximum Gasteiger partial charge on any atom is 0.231 e. The van der Waals surface area contributed by atoms with Gasteiger partial charge in [0.1, 0.15) is 5.65 Å². The Hall–Kier alpha value is -2.89. The first-order chi connectivity index (χ1) is 10.7. The zero-order valence-electron chi connectivity index (χ0n) is 12.3. The predicted molar refractivity (Wildman–Crippen MR) is 81.4 cm³/mol. The van der Waals surface area contributed by atoms with Gasteiger partial charge in [0.15, 0.2) is 17.3 Å². The highest BCUT2D eigenvalue weighted by molar-refractivity contribution is 5.57. The zero-order chi connectivity index (χ0) is 15.1. The lowest BCUT2D eigenvalue weighted by Crippen LogP contribution is -1.92. The minimum Gasteiger partial charge on any atom is -0.454 e. The van der Waals surface area contributed by atoms with Crippen molar-refractivity contribution in [3.8, 4) is 11.5 Å². The van der Waals surface area contributed by atoms with E-state index in [0.29, 0.717) is 11.4 Å². The molecule has 1 aromatic carbocycles. The second-order valence-corrected chi connectivity index (χ2v) is 5.14. The second-order valence-electron chi connectivity index (χ2n) is 5.14. The SMILES string of the molecule is Cc1nc2c(C)cccn2c1N=Nc1ccc2c(c1)OCO2. The van der Waals surface area contributed by atoms with E-state index in [0.717, 1.165) is 28.5 Å². The number of aromatic nitrogens is 2. The maximum absolute atomic E-state index is 5.34. The van der Waals surface area contributed by atoms with Crippen LogP contribution < -0.4 is 9.47 Å². The van der Waals surface area contributed by atoms with Gasteiger partial charge in [0.05, 0.1) is 11.4 Å². The Morgan fingerprint density at radius 3 is 2.86 bits per heavy atom. The van der Waals surface area contributed by atoms with Crippen molar-refractivity contribution in [3.05, 3.63) is 47.8 Å². The number of azo groups is 1. The van der Waals surface area contributed by atoms with Gasteiger partial charge < -0.3 is 9.47 Å². The van der Waals surface area contributed by atoms with Crippen molar-refractivity contribution in [3.63, 3.8) is 0 Å². The maximum atomic E-state index is 5.34. The first-order valence-corrected chi connectivity index (χ1v) is 6.98. The van der Waals surface area contributed by atoms with Crippen molar-refractivity contribution in [2.75, 3.05) is 6.79 Å². The molecule has 0 spiro atoms. The van der Waals surface area contributed by atoms with Crippen LogP contribution in [0.5, 0.6) is 11.5 Å². The molecule has 0 radical (unpaired) electrons. The van der Waals surface area contributed by atoms with Crippen LogP contribution in [0.4, 0.5) is 11.5 Å². The van der Waals surface area contributed by atoms with E-state index >= 15 is 0 Å². The fourth-order valence-electron chi connectivity index (χ4n) is 2.48. The lowest BCUT2D eigenvalue weighted by molar-refractivity contribution is 0.174. The number of fused-ring (bicyclic) bond motifs is 2. The lowest BCUT2D eigenvalue weighted by atomic mass is 10.3. The molecule has 6 nitrogen and oxygen atoms in total. The van der Waals surface area contributed by atoms with E-state index < -0.39 is 0 Å². The molecule has 0 fully saturated rings. The van der Waals surface area contributed by atoms with Gasteiger partial charge in [-0.3, -0.25) is 4.40 Å². The van der Waals surface area contributed by atoms with E-state index in [2.05, 4.69) is 15.2 Å². The zero-order valence-corrected chi connectivity index (χ0v) is 12.3. The fourth-order valence-corrected chi connectivity index (χ4v) is 2.48. The third kappa shape index (κ3) is 2.00. The molecule has 6 heteroatoms. The van der Waals surface area contributed by atoms with Crippen molar-refractivity contribution < 1.29 is 9.47 Å². The van der Waals surface area contributed by atoms with Crippen LogP contribution in [0, 0.1) is 13.8 Å². The summed E-state index contributed by atoms with van der Waals surface area (Å²) in [7, 11) is 0. The van der Waals surface area contributed by atoms with Gasteiger partial charge >= 0.3 is 0 Å². The van der Waals surface area contributed by atoms with Gasteiger partial charge in [-0.1, -0.05) is 6.07 Å². The lowest BCUT2D eigenvalue weighted by Gasteiger charge is -1.99. The molecule has 0 atom stereocenters. The number of nitrogens with zero attached hydrogens (tertiary/aromatic N) is 4. The third-order valence-electron chi connectivity index (χ3n) is 3.60. The van der Waals surface area contributed by atoms with Crippen LogP contribution in [0.15, 0.2) is 46.8 Å². The van der Waals surface area contributed by atoms with Crippen molar-refractivity contribution >= 4 is 17.2 Å². The molecule has 0 saturated carbocycles. The van der Waals surface area contributed by atoms with E-state index in [1.807, 2.05) is 54.8 Å². The summed E-state index contributed by atoms with van der Waals surface area (Å²) in [4.78, 5) is 4.55. The molecule has 0 N–H and O–H groups in total. The molecule has 0 aliphatic carbocycles. The molecule has 0 saturated heterocycles. The molecule has 1 aliphatic heterocycles. The largest absolute Gasteiger partial charge is 0.454 e. The number of aryl methyl sites for hydroxylation is 2. The molecule has 0 amide bonds. The minimum atomic E-state index is 0.252. The number of pyridine rings is 1. The average Bonchev–Trinajstić information content (AvgIpc) is 3.09. The van der Waals surface area contributed by atoms with Crippen molar-refractivity contribution in [2.24, 2.45) is 10.2 Å². The number of ether oxygens (including phenoxy) is 2. The van der Waals surface area contributed by atoms with Gasteiger partial charge in [-0.15, -0.1) is 10.2 Å². The van der Waals surface area contributed by atoms with Crippen molar-refractivity contribution in [2.45, 2.75) is 13.8 Å². The highest BCUT2D eigenvalue weighted by Crippen LogP contribution is 2.35. The molecule has 4 rings (SSSR count). The first-order valence-electron chi connectivity index (χ1n) is 6.98. The number of benzene rings is 1. The smallest absolute Gasteiger partial charge is 0.231 e. The molecule has 3 heterocycles. The van der Waals surface area contributed by atoms with Crippen LogP contribution in [0.2, 0.25) is 0 Å². The van der Waals surface area contributed by atoms with Crippen LogP contribution in [0.25, 0.3) is 5.65 Å². The Balaban J connectivity index is 1.74. The molecular weight excluding hydrogens is 280 g/mol. The number of hydrogen-bond acceptors (Lipinski definition) is 5. The summed E-state index contributed by atoms with van der Waals surface area (Å²) < 4.78 is 12.6. The molecule has 22 heavy (non-hydrogen) atoms. The van der Waals surface area contributed by atoms with Gasteiger partial charge in [0, 0.05) is 12.3 Å². The fraction of sp³-hybridized carbons (Fsp3) is 0.188. The summed E-state index contributed by atoms with van der Waals surface area (Å²) in [6, 6.07) is 9.50. The second kappa shape index (κ2) is 4.84. The topological polar surface area (TPSA) is 60.5 Å². The third-order valence-corrected chi connectivity index (χ3v) is 3.60. The van der Waals surface area contributed by atoms with E-state index in [1.54, 1.807) is 0 Å². The van der Waals surface area contributed by atoms with E-state index in [9.17, 15) is 0 Å².